The van der Waals surface area contributed by atoms with Crippen molar-refractivity contribution >= 4 is 26.9 Å². The molecule has 0 amide bonds. The molecule has 4 rings (SSSR count). The Bertz CT molecular complexity index is 1220. The van der Waals surface area contributed by atoms with Gasteiger partial charge in [-0.2, -0.15) is 8.42 Å². The van der Waals surface area contributed by atoms with E-state index in [0.29, 0.717) is 5.39 Å². The number of hydrogen-bond donors (Lipinski definition) is 1. The number of aliphatic imine (C=N–C) groups is 1. The van der Waals surface area contributed by atoms with E-state index in [9.17, 15) is 13.2 Å². The Morgan fingerprint density at radius 3 is 2.45 bits per heavy atom. The van der Waals surface area contributed by atoms with E-state index in [1.165, 1.54) is 12.7 Å². The van der Waals surface area contributed by atoms with Crippen molar-refractivity contribution in [2.45, 2.75) is 56.4 Å². The molecule has 0 unspecified atom stereocenters. The molecular formula is C23H26N4O3S. The van der Waals surface area contributed by atoms with Crippen LogP contribution in [0.4, 0.5) is 0 Å². The van der Waals surface area contributed by atoms with Crippen LogP contribution in [0.3, 0.4) is 0 Å². The minimum absolute atomic E-state index is 0.0874. The summed E-state index contributed by atoms with van der Waals surface area (Å²) in [5, 5.41) is 0.634. The summed E-state index contributed by atoms with van der Waals surface area (Å²) in [5.74, 6) is 0. The molecule has 0 aliphatic heterocycles. The van der Waals surface area contributed by atoms with Crippen LogP contribution in [0.25, 0.3) is 10.9 Å². The van der Waals surface area contributed by atoms with Crippen LogP contribution in [-0.2, 0) is 16.4 Å². The summed E-state index contributed by atoms with van der Waals surface area (Å²) in [6, 6.07) is 16.6. The third-order valence-electron chi connectivity index (χ3n) is 5.15. The van der Waals surface area contributed by atoms with Crippen molar-refractivity contribution in [3.8, 4) is 0 Å². The Labute approximate surface area is 182 Å². The first-order valence-electron chi connectivity index (χ1n) is 10.4. The summed E-state index contributed by atoms with van der Waals surface area (Å²) in [4.78, 5) is 21.9. The average molecular weight is 439 g/mol. The van der Waals surface area contributed by atoms with Crippen molar-refractivity contribution in [2.24, 2.45) is 9.39 Å². The number of nitrogens with one attached hydrogen (secondary N) is 1. The van der Waals surface area contributed by atoms with Gasteiger partial charge in [0.25, 0.3) is 15.6 Å². The number of H-pyrrole nitrogens is 1. The van der Waals surface area contributed by atoms with Crippen LogP contribution in [0.1, 0.15) is 44.6 Å². The largest absolute Gasteiger partial charge is 0.313 e. The smallest absolute Gasteiger partial charge is 0.291 e. The molecule has 1 saturated carbocycles. The lowest BCUT2D eigenvalue weighted by molar-refractivity contribution is 0.444. The van der Waals surface area contributed by atoms with Crippen molar-refractivity contribution in [3.05, 3.63) is 70.8 Å². The predicted molar refractivity (Wildman–Crippen MR) is 122 cm³/mol. The summed E-state index contributed by atoms with van der Waals surface area (Å²) in [5.41, 5.74) is 1.75. The number of para-hydroxylation sites is 1. The first-order valence-corrected chi connectivity index (χ1v) is 11.9. The first kappa shape index (κ1) is 22.6. The summed E-state index contributed by atoms with van der Waals surface area (Å²) in [7, 11) is -3.67. The number of benzene rings is 2. The molecule has 1 aliphatic rings. The van der Waals surface area contributed by atoms with E-state index < -0.39 is 10.0 Å². The first-order chi connectivity index (χ1) is 15.0. The number of aromatic amines is 1. The van der Waals surface area contributed by atoms with Crippen LogP contribution in [0.2, 0.25) is 0 Å². The van der Waals surface area contributed by atoms with Gasteiger partial charge in [0.15, 0.2) is 0 Å². The quantitative estimate of drug-likeness (QED) is 0.611. The Kier molecular flexibility index (Phi) is 7.87. The molecule has 0 saturated heterocycles. The molecule has 3 aromatic rings. The monoisotopic (exact) mass is 438 g/mol. The molecule has 1 fully saturated rings. The van der Waals surface area contributed by atoms with Gasteiger partial charge in [0, 0.05) is 0 Å². The van der Waals surface area contributed by atoms with Gasteiger partial charge in [0.2, 0.25) is 0 Å². The van der Waals surface area contributed by atoms with Crippen LogP contribution in [-0.4, -0.2) is 30.4 Å². The maximum absolute atomic E-state index is 12.0. The van der Waals surface area contributed by atoms with E-state index in [2.05, 4.69) is 25.4 Å². The molecule has 0 atom stereocenters. The molecule has 31 heavy (non-hydrogen) atoms. The molecule has 1 aromatic heterocycles. The predicted octanol–water partition coefficient (Wildman–Crippen LogP) is 4.37. The molecular weight excluding hydrogens is 412 g/mol. The van der Waals surface area contributed by atoms with Gasteiger partial charge in [-0.25, -0.2) is 9.98 Å². The second-order valence-electron chi connectivity index (χ2n) is 7.33. The zero-order valence-corrected chi connectivity index (χ0v) is 18.3. The van der Waals surface area contributed by atoms with Crippen molar-refractivity contribution in [3.63, 3.8) is 0 Å². The number of aromatic nitrogens is 2. The van der Waals surface area contributed by atoms with E-state index in [4.69, 9.17) is 0 Å². The standard InChI is InChI=1S/C15H20N2O2S.C8H6N2O/c1-2-13-8-10-15(11-9-13)20(18,19)17-12-16-14-6-4-3-5-7-14;11-8-6-3-1-2-4-7(6)9-5-10-8/h8-11,14H,2-7H2,1H3;1-5H,(H,9,10,11). The Balaban J connectivity index is 0.000000207. The van der Waals surface area contributed by atoms with E-state index >= 15 is 0 Å². The maximum Gasteiger partial charge on any atom is 0.291 e. The highest BCUT2D eigenvalue weighted by atomic mass is 32.2. The maximum atomic E-state index is 12.0. The Morgan fingerprint density at radius 1 is 1.06 bits per heavy atom. The Morgan fingerprint density at radius 2 is 1.77 bits per heavy atom. The van der Waals surface area contributed by atoms with Gasteiger partial charge in [-0.1, -0.05) is 54.8 Å². The highest BCUT2D eigenvalue weighted by Gasteiger charge is 2.13. The molecule has 1 heterocycles. The number of rotatable bonds is 4. The zero-order valence-electron chi connectivity index (χ0n) is 17.5. The second kappa shape index (κ2) is 10.8. The number of fused-ring (bicyclic) bond motifs is 1. The van der Waals surface area contributed by atoms with Crippen LogP contribution >= 0.6 is 0 Å². The SMILES string of the molecule is CCc1ccc(S(=O)(=O)N=C=NC2CCCCC2)cc1.O=c1[nH]cnc2ccccc12. The lowest BCUT2D eigenvalue weighted by Gasteiger charge is -2.15. The van der Waals surface area contributed by atoms with Crippen molar-refractivity contribution in [1.82, 2.24) is 9.97 Å². The van der Waals surface area contributed by atoms with Gasteiger partial charge in [-0.05, 0) is 49.1 Å². The van der Waals surface area contributed by atoms with Crippen molar-refractivity contribution in [2.75, 3.05) is 0 Å². The third kappa shape index (κ3) is 6.44. The lowest BCUT2D eigenvalue weighted by Crippen LogP contribution is -2.08. The van der Waals surface area contributed by atoms with Crippen LogP contribution in [0.15, 0.2) is 73.9 Å². The summed E-state index contributed by atoms with van der Waals surface area (Å²) in [6.07, 6.45) is 7.85. The van der Waals surface area contributed by atoms with E-state index in [-0.39, 0.29) is 16.5 Å². The molecule has 162 valence electrons. The number of aryl methyl sites for hydroxylation is 1. The van der Waals surface area contributed by atoms with E-state index in [1.807, 2.05) is 25.1 Å². The molecule has 8 heteroatoms. The fraction of sp³-hybridized carbons (Fsp3) is 0.348. The van der Waals surface area contributed by atoms with Crippen molar-refractivity contribution < 1.29 is 8.42 Å². The van der Waals surface area contributed by atoms with Gasteiger partial charge in [0.05, 0.1) is 28.2 Å². The van der Waals surface area contributed by atoms with Crippen molar-refractivity contribution in [1.29, 1.82) is 0 Å². The fourth-order valence-electron chi connectivity index (χ4n) is 3.34. The van der Waals surface area contributed by atoms with E-state index in [0.717, 1.165) is 43.2 Å². The molecule has 1 N–H and O–H groups in total. The fourth-order valence-corrected chi connectivity index (χ4v) is 4.08. The van der Waals surface area contributed by atoms with Gasteiger partial charge >= 0.3 is 0 Å². The van der Waals surface area contributed by atoms with Crippen LogP contribution in [0.5, 0.6) is 0 Å². The van der Waals surface area contributed by atoms with Crippen LogP contribution in [0, 0.1) is 0 Å². The number of hydrogen-bond acceptors (Lipinski definition) is 5. The minimum Gasteiger partial charge on any atom is -0.313 e. The molecule has 0 radical (unpaired) electrons. The normalized spacial score (nSPS) is 14.2. The summed E-state index contributed by atoms with van der Waals surface area (Å²) in [6.45, 7) is 2.03. The third-order valence-corrected chi connectivity index (χ3v) is 6.34. The van der Waals surface area contributed by atoms with Gasteiger partial charge < -0.3 is 4.98 Å². The number of nitrogens with zero attached hydrogens (tertiary/aromatic N) is 3. The second-order valence-corrected chi connectivity index (χ2v) is 8.94. The minimum atomic E-state index is -3.67. The highest BCUT2D eigenvalue weighted by Crippen LogP contribution is 2.20. The summed E-state index contributed by atoms with van der Waals surface area (Å²) >= 11 is 0. The lowest BCUT2D eigenvalue weighted by atomic mass is 9.96. The zero-order chi connectivity index (χ0) is 22.1. The molecule has 0 bridgehead atoms. The molecule has 1 aliphatic carbocycles. The topological polar surface area (TPSA) is 105 Å². The van der Waals surface area contributed by atoms with E-state index in [1.54, 1.807) is 30.3 Å². The molecule has 7 nitrogen and oxygen atoms in total. The van der Waals surface area contributed by atoms with Crippen LogP contribution < -0.4 is 5.56 Å². The number of sulfonamides is 1. The van der Waals surface area contributed by atoms with Gasteiger partial charge in [0.1, 0.15) is 6.01 Å². The molecule has 0 spiro atoms. The average Bonchev–Trinajstić information content (AvgIpc) is 2.80. The summed E-state index contributed by atoms with van der Waals surface area (Å²) < 4.78 is 27.5. The van der Waals surface area contributed by atoms with Gasteiger partial charge in [-0.3, -0.25) is 4.79 Å². The Hall–Kier alpha value is -3.09. The molecule has 2 aromatic carbocycles. The highest BCUT2D eigenvalue weighted by molar-refractivity contribution is 7.90. The van der Waals surface area contributed by atoms with Gasteiger partial charge in [-0.15, -0.1) is 0 Å².